The second kappa shape index (κ2) is 10.2. The Morgan fingerprint density at radius 3 is 1.26 bits per heavy atom. The molecule has 0 aromatic heterocycles. The molecule has 2 aromatic rings. The van der Waals surface area contributed by atoms with Gasteiger partial charge in [-0.15, -0.1) is 0 Å². The molecule has 0 unspecified atom stereocenters. The van der Waals surface area contributed by atoms with Gasteiger partial charge in [-0.25, -0.2) is 9.59 Å². The molecule has 7 heteroatoms. The van der Waals surface area contributed by atoms with Crippen molar-refractivity contribution in [2.24, 2.45) is 0 Å². The Kier molecular flexibility index (Phi) is 9.12. The molecule has 0 heterocycles. The molecule has 2 aromatic carbocycles. The number of aromatic carboxylic acids is 2. The van der Waals surface area contributed by atoms with Gasteiger partial charge in [-0.2, -0.15) is 0 Å². The molecule has 0 fully saturated rings. The zero-order valence-corrected chi connectivity index (χ0v) is 13.5. The molecular formula is C16H16NiO6. The molecule has 0 aliphatic rings. The van der Waals surface area contributed by atoms with Crippen molar-refractivity contribution < 1.29 is 45.8 Å². The summed E-state index contributed by atoms with van der Waals surface area (Å²) in [6.45, 7) is 0. The van der Waals surface area contributed by atoms with Gasteiger partial charge >= 0.3 is 11.9 Å². The topological polar surface area (TPSA) is 93.1 Å². The van der Waals surface area contributed by atoms with Crippen LogP contribution in [-0.4, -0.2) is 36.4 Å². The Bertz CT molecular complexity index is 599. The molecule has 0 bridgehead atoms. The van der Waals surface area contributed by atoms with Gasteiger partial charge < -0.3 is 19.7 Å². The van der Waals surface area contributed by atoms with Gasteiger partial charge in [0, 0.05) is 16.5 Å². The predicted octanol–water partition coefficient (Wildman–Crippen LogP) is 2.78. The summed E-state index contributed by atoms with van der Waals surface area (Å²) in [7, 11) is 2.89. The Balaban J connectivity index is 0.000000403. The van der Waals surface area contributed by atoms with Crippen molar-refractivity contribution in [2.45, 2.75) is 0 Å². The quantitative estimate of drug-likeness (QED) is 0.812. The van der Waals surface area contributed by atoms with Crippen LogP contribution in [0.1, 0.15) is 20.7 Å². The Hall–Kier alpha value is -2.53. The van der Waals surface area contributed by atoms with E-state index in [9.17, 15) is 9.59 Å². The maximum absolute atomic E-state index is 10.5. The summed E-state index contributed by atoms with van der Waals surface area (Å²) in [4.78, 5) is 21.0. The van der Waals surface area contributed by atoms with Crippen LogP contribution in [0, 0.1) is 0 Å². The first-order chi connectivity index (χ1) is 10.5. The number of hydrogen-bond acceptors (Lipinski definition) is 4. The zero-order valence-electron chi connectivity index (χ0n) is 12.5. The monoisotopic (exact) mass is 362 g/mol. The van der Waals surface area contributed by atoms with Crippen molar-refractivity contribution in [1.29, 1.82) is 0 Å². The number of carboxylic acid groups (broad SMARTS) is 2. The maximum Gasteiger partial charge on any atom is 0.339 e. The Morgan fingerprint density at radius 2 is 1.04 bits per heavy atom. The molecule has 0 radical (unpaired) electrons. The first kappa shape index (κ1) is 20.5. The predicted molar refractivity (Wildman–Crippen MR) is 79.9 cm³/mol. The number of methoxy groups -OCH3 is 2. The van der Waals surface area contributed by atoms with Crippen molar-refractivity contribution in [2.75, 3.05) is 14.2 Å². The van der Waals surface area contributed by atoms with E-state index in [-0.39, 0.29) is 27.6 Å². The fourth-order valence-electron chi connectivity index (χ4n) is 1.64. The first-order valence-corrected chi connectivity index (χ1v) is 6.23. The van der Waals surface area contributed by atoms with Gasteiger partial charge in [-0.05, 0) is 24.3 Å². The third-order valence-electron chi connectivity index (χ3n) is 2.67. The molecule has 23 heavy (non-hydrogen) atoms. The molecular weight excluding hydrogens is 347 g/mol. The summed E-state index contributed by atoms with van der Waals surface area (Å²) in [5, 5.41) is 17.2. The number of para-hydroxylation sites is 2. The number of carboxylic acids is 2. The minimum Gasteiger partial charge on any atom is -0.496 e. The smallest absolute Gasteiger partial charge is 0.339 e. The molecule has 0 amide bonds. The van der Waals surface area contributed by atoms with E-state index in [0.717, 1.165) is 0 Å². The van der Waals surface area contributed by atoms with Gasteiger partial charge in [0.15, 0.2) is 0 Å². The summed E-state index contributed by atoms with van der Waals surface area (Å²) in [5.74, 6) is -1.16. The van der Waals surface area contributed by atoms with Crippen LogP contribution < -0.4 is 9.47 Å². The molecule has 0 saturated carbocycles. The standard InChI is InChI=1S/2C8H8O3.Ni/c2*1-11-7-5-3-2-4-6(7)8(9)10;/h2*2-5H,1H3,(H,9,10);. The van der Waals surface area contributed by atoms with E-state index < -0.39 is 11.9 Å². The molecule has 0 aliphatic carbocycles. The van der Waals surface area contributed by atoms with Gasteiger partial charge in [0.2, 0.25) is 0 Å². The number of ether oxygens (including phenoxy) is 2. The van der Waals surface area contributed by atoms with Crippen molar-refractivity contribution in [3.05, 3.63) is 59.7 Å². The first-order valence-electron chi connectivity index (χ1n) is 6.23. The SMILES string of the molecule is COc1ccccc1C(=O)O.COc1ccccc1C(=O)O.[Ni]. The van der Waals surface area contributed by atoms with Crippen LogP contribution in [0.5, 0.6) is 11.5 Å². The summed E-state index contributed by atoms with van der Waals surface area (Å²) < 4.78 is 9.65. The van der Waals surface area contributed by atoms with Crippen LogP contribution in [0.15, 0.2) is 48.5 Å². The van der Waals surface area contributed by atoms with E-state index in [4.69, 9.17) is 19.7 Å². The normalized spacial score (nSPS) is 8.78. The molecule has 2 N–H and O–H groups in total. The van der Waals surface area contributed by atoms with E-state index in [1.807, 2.05) is 0 Å². The van der Waals surface area contributed by atoms with Gasteiger partial charge in [0.1, 0.15) is 22.6 Å². The second-order valence-corrected chi connectivity index (χ2v) is 4.01. The van der Waals surface area contributed by atoms with Crippen molar-refractivity contribution in [1.82, 2.24) is 0 Å². The Morgan fingerprint density at radius 1 is 0.739 bits per heavy atom. The number of rotatable bonds is 4. The van der Waals surface area contributed by atoms with Crippen LogP contribution in [0.4, 0.5) is 0 Å². The Labute approximate surface area is 143 Å². The fraction of sp³-hybridized carbons (Fsp3) is 0.125. The molecule has 2 rings (SSSR count). The minimum absolute atomic E-state index is 0. The summed E-state index contributed by atoms with van der Waals surface area (Å²) in [6, 6.07) is 13.0. The van der Waals surface area contributed by atoms with Crippen LogP contribution in [0.25, 0.3) is 0 Å². The van der Waals surface area contributed by atoms with Gasteiger partial charge in [-0.1, -0.05) is 24.3 Å². The molecule has 0 saturated heterocycles. The van der Waals surface area contributed by atoms with E-state index in [0.29, 0.717) is 11.5 Å². The maximum atomic E-state index is 10.5. The van der Waals surface area contributed by atoms with E-state index in [1.54, 1.807) is 36.4 Å². The average molecular weight is 363 g/mol. The van der Waals surface area contributed by atoms with Gasteiger partial charge in [0.25, 0.3) is 0 Å². The molecule has 0 atom stereocenters. The van der Waals surface area contributed by atoms with Crippen LogP contribution >= 0.6 is 0 Å². The summed E-state index contributed by atoms with van der Waals surface area (Å²) in [6.07, 6.45) is 0. The zero-order chi connectivity index (χ0) is 16.5. The summed E-state index contributed by atoms with van der Waals surface area (Å²) >= 11 is 0. The van der Waals surface area contributed by atoms with Gasteiger partial charge in [0.05, 0.1) is 14.2 Å². The fourth-order valence-corrected chi connectivity index (χ4v) is 1.64. The minimum atomic E-state index is -0.970. The number of benzene rings is 2. The molecule has 0 aliphatic heterocycles. The molecule has 6 nitrogen and oxygen atoms in total. The van der Waals surface area contributed by atoms with Crippen LogP contribution in [-0.2, 0) is 16.5 Å². The van der Waals surface area contributed by atoms with Crippen LogP contribution in [0.2, 0.25) is 0 Å². The number of hydrogen-bond donors (Lipinski definition) is 2. The third kappa shape index (κ3) is 6.00. The second-order valence-electron chi connectivity index (χ2n) is 4.01. The average Bonchev–Trinajstić information content (AvgIpc) is 2.55. The van der Waals surface area contributed by atoms with E-state index in [2.05, 4.69) is 0 Å². The van der Waals surface area contributed by atoms with Crippen molar-refractivity contribution >= 4 is 11.9 Å². The largest absolute Gasteiger partial charge is 0.496 e. The number of carbonyl (C=O) groups is 2. The van der Waals surface area contributed by atoms with Crippen molar-refractivity contribution in [3.63, 3.8) is 0 Å². The van der Waals surface area contributed by atoms with Crippen molar-refractivity contribution in [3.8, 4) is 11.5 Å². The van der Waals surface area contributed by atoms with E-state index in [1.165, 1.54) is 26.4 Å². The molecule has 0 spiro atoms. The molecule has 126 valence electrons. The van der Waals surface area contributed by atoms with Crippen LogP contribution in [0.3, 0.4) is 0 Å². The summed E-state index contributed by atoms with van der Waals surface area (Å²) in [5.41, 5.74) is 0.380. The van der Waals surface area contributed by atoms with E-state index >= 15 is 0 Å². The third-order valence-corrected chi connectivity index (χ3v) is 2.67. The van der Waals surface area contributed by atoms with Gasteiger partial charge in [-0.3, -0.25) is 0 Å².